The number of carbonyl (C=O) groups is 1. The minimum absolute atomic E-state index is 0.216. The van der Waals surface area contributed by atoms with Gasteiger partial charge < -0.3 is 0 Å². The number of hydrogen-bond donors (Lipinski definition) is 0. The summed E-state index contributed by atoms with van der Waals surface area (Å²) in [4.78, 5) is 11.2. The molecule has 62 valence electrons. The molecule has 0 fully saturated rings. The van der Waals surface area contributed by atoms with Crippen LogP contribution in [-0.2, 0) is 4.79 Å². The smallest absolute Gasteiger partial charge is 0.135 e. The van der Waals surface area contributed by atoms with E-state index in [0.717, 1.165) is 19.3 Å². The number of ketones is 1. The van der Waals surface area contributed by atoms with E-state index in [1.807, 2.05) is 13.8 Å². The zero-order chi connectivity index (χ0) is 8.69. The molecule has 0 saturated carbocycles. The zero-order valence-electron chi connectivity index (χ0n) is 7.39. The molecule has 0 heterocycles. The summed E-state index contributed by atoms with van der Waals surface area (Å²) in [6.45, 7) is 4.00. The maximum Gasteiger partial charge on any atom is 0.135 e. The van der Waals surface area contributed by atoms with Crippen LogP contribution in [0.1, 0.15) is 39.5 Å². The Bertz CT molecular complexity index is 153. The summed E-state index contributed by atoms with van der Waals surface area (Å²) in [5.74, 6) is 3.09. The van der Waals surface area contributed by atoms with E-state index in [-0.39, 0.29) is 5.92 Å². The Kier molecular flexibility index (Phi) is 5.56. The Morgan fingerprint density at radius 2 is 2.27 bits per heavy atom. The van der Waals surface area contributed by atoms with Gasteiger partial charge in [0.1, 0.15) is 5.78 Å². The molecule has 1 nitrogen and oxygen atoms in total. The van der Waals surface area contributed by atoms with Crippen LogP contribution in [0.4, 0.5) is 0 Å². The Hall–Kier alpha value is -0.770. The lowest BCUT2D eigenvalue weighted by molar-refractivity contribution is -0.122. The summed E-state index contributed by atoms with van der Waals surface area (Å²) in [7, 11) is 0. The molecule has 0 aromatic heterocycles. The van der Waals surface area contributed by atoms with Gasteiger partial charge >= 0.3 is 0 Å². The van der Waals surface area contributed by atoms with Crippen LogP contribution < -0.4 is 0 Å². The van der Waals surface area contributed by atoms with Gasteiger partial charge in [0, 0.05) is 18.8 Å². The molecule has 0 aliphatic carbocycles. The summed E-state index contributed by atoms with van der Waals surface area (Å²) < 4.78 is 0. The average molecular weight is 152 g/mol. The summed E-state index contributed by atoms with van der Waals surface area (Å²) >= 11 is 0. The summed E-state index contributed by atoms with van der Waals surface area (Å²) in [5.41, 5.74) is 0. The van der Waals surface area contributed by atoms with E-state index < -0.39 is 0 Å². The van der Waals surface area contributed by atoms with Crippen LogP contribution in [0.25, 0.3) is 0 Å². The van der Waals surface area contributed by atoms with Gasteiger partial charge in [0.2, 0.25) is 0 Å². The third-order valence-corrected chi connectivity index (χ3v) is 1.91. The molecule has 0 aromatic rings. The van der Waals surface area contributed by atoms with Gasteiger partial charge in [-0.05, 0) is 12.8 Å². The standard InChI is InChI=1S/C10H16O/c1-4-6-7-8-10(11)9(3)5-2/h1,9H,5-8H2,2-3H3. The molecule has 0 N–H and O–H groups in total. The highest BCUT2D eigenvalue weighted by Crippen LogP contribution is 2.07. The second-order valence-corrected chi connectivity index (χ2v) is 2.83. The lowest BCUT2D eigenvalue weighted by Crippen LogP contribution is -2.08. The van der Waals surface area contributed by atoms with Gasteiger partial charge in [0.05, 0.1) is 0 Å². The monoisotopic (exact) mass is 152 g/mol. The molecule has 0 spiro atoms. The quantitative estimate of drug-likeness (QED) is 0.436. The molecule has 0 aromatic carbocycles. The molecule has 11 heavy (non-hydrogen) atoms. The van der Waals surface area contributed by atoms with Crippen LogP contribution in [0.3, 0.4) is 0 Å². The van der Waals surface area contributed by atoms with Gasteiger partial charge in [-0.15, -0.1) is 12.3 Å². The topological polar surface area (TPSA) is 17.1 Å². The second kappa shape index (κ2) is 5.97. The van der Waals surface area contributed by atoms with Crippen LogP contribution in [-0.4, -0.2) is 5.78 Å². The highest BCUT2D eigenvalue weighted by atomic mass is 16.1. The number of hydrogen-bond acceptors (Lipinski definition) is 1. The van der Waals surface area contributed by atoms with Gasteiger partial charge in [0.15, 0.2) is 0 Å². The van der Waals surface area contributed by atoms with Crippen molar-refractivity contribution in [3.63, 3.8) is 0 Å². The molecule has 0 bridgehead atoms. The highest BCUT2D eigenvalue weighted by molar-refractivity contribution is 5.80. The summed E-state index contributed by atoms with van der Waals surface area (Å²) in [6.07, 6.45) is 8.22. The predicted molar refractivity (Wildman–Crippen MR) is 47.1 cm³/mol. The number of Topliss-reactive ketones (excluding diaryl/α,β-unsaturated/α-hetero) is 1. The van der Waals surface area contributed by atoms with Crippen molar-refractivity contribution in [2.45, 2.75) is 39.5 Å². The SMILES string of the molecule is C#CCCCC(=O)C(C)CC. The molecular weight excluding hydrogens is 136 g/mol. The highest BCUT2D eigenvalue weighted by Gasteiger charge is 2.08. The number of carbonyl (C=O) groups excluding carboxylic acids is 1. The maximum absolute atomic E-state index is 11.2. The van der Waals surface area contributed by atoms with Crippen molar-refractivity contribution in [2.24, 2.45) is 5.92 Å². The maximum atomic E-state index is 11.2. The first-order chi connectivity index (χ1) is 5.22. The molecule has 0 saturated heterocycles. The van der Waals surface area contributed by atoms with Crippen molar-refractivity contribution < 1.29 is 4.79 Å². The number of unbranched alkanes of at least 4 members (excludes halogenated alkanes) is 1. The molecule has 0 aliphatic rings. The third-order valence-electron chi connectivity index (χ3n) is 1.91. The predicted octanol–water partition coefficient (Wildman–Crippen LogP) is 2.41. The zero-order valence-corrected chi connectivity index (χ0v) is 7.39. The number of rotatable bonds is 5. The Morgan fingerprint density at radius 1 is 1.64 bits per heavy atom. The van der Waals surface area contributed by atoms with E-state index in [0.29, 0.717) is 12.2 Å². The summed E-state index contributed by atoms with van der Waals surface area (Å²) in [6, 6.07) is 0. The number of terminal acetylenes is 1. The first kappa shape index (κ1) is 10.2. The van der Waals surface area contributed by atoms with Crippen molar-refractivity contribution in [1.82, 2.24) is 0 Å². The normalized spacial score (nSPS) is 12.1. The fraction of sp³-hybridized carbons (Fsp3) is 0.700. The van der Waals surface area contributed by atoms with E-state index in [4.69, 9.17) is 6.42 Å². The molecule has 0 amide bonds. The third kappa shape index (κ3) is 4.61. The van der Waals surface area contributed by atoms with Crippen LogP contribution in [0, 0.1) is 18.3 Å². The first-order valence-corrected chi connectivity index (χ1v) is 4.18. The van der Waals surface area contributed by atoms with Gasteiger partial charge in [-0.25, -0.2) is 0 Å². The summed E-state index contributed by atoms with van der Waals surface area (Å²) in [5, 5.41) is 0. The van der Waals surface area contributed by atoms with Crippen LogP contribution in [0.5, 0.6) is 0 Å². The van der Waals surface area contributed by atoms with E-state index in [9.17, 15) is 4.79 Å². The molecule has 1 heteroatoms. The fourth-order valence-electron chi connectivity index (χ4n) is 0.839. The molecule has 1 atom stereocenters. The molecule has 0 radical (unpaired) electrons. The average Bonchev–Trinajstić information content (AvgIpc) is 2.03. The lowest BCUT2D eigenvalue weighted by atomic mass is 9.99. The van der Waals surface area contributed by atoms with Gasteiger partial charge in [-0.1, -0.05) is 13.8 Å². The van der Waals surface area contributed by atoms with Gasteiger partial charge in [0.25, 0.3) is 0 Å². The largest absolute Gasteiger partial charge is 0.299 e. The van der Waals surface area contributed by atoms with Gasteiger partial charge in [-0.3, -0.25) is 4.79 Å². The second-order valence-electron chi connectivity index (χ2n) is 2.83. The minimum Gasteiger partial charge on any atom is -0.299 e. The van der Waals surface area contributed by atoms with E-state index in [2.05, 4.69) is 5.92 Å². The van der Waals surface area contributed by atoms with Crippen LogP contribution >= 0.6 is 0 Å². The lowest BCUT2D eigenvalue weighted by Gasteiger charge is -2.04. The van der Waals surface area contributed by atoms with Gasteiger partial charge in [-0.2, -0.15) is 0 Å². The van der Waals surface area contributed by atoms with E-state index >= 15 is 0 Å². The fourth-order valence-corrected chi connectivity index (χ4v) is 0.839. The van der Waals surface area contributed by atoms with Crippen molar-refractivity contribution in [3.05, 3.63) is 0 Å². The minimum atomic E-state index is 0.216. The molecule has 1 unspecified atom stereocenters. The van der Waals surface area contributed by atoms with Crippen LogP contribution in [0.15, 0.2) is 0 Å². The molecule has 0 rings (SSSR count). The van der Waals surface area contributed by atoms with Crippen molar-refractivity contribution in [1.29, 1.82) is 0 Å². The Labute approximate surface area is 69.2 Å². The van der Waals surface area contributed by atoms with Crippen molar-refractivity contribution in [2.75, 3.05) is 0 Å². The first-order valence-electron chi connectivity index (χ1n) is 4.18. The Balaban J connectivity index is 3.46. The van der Waals surface area contributed by atoms with Crippen molar-refractivity contribution >= 4 is 5.78 Å². The van der Waals surface area contributed by atoms with Crippen molar-refractivity contribution in [3.8, 4) is 12.3 Å². The Morgan fingerprint density at radius 3 is 2.73 bits per heavy atom. The van der Waals surface area contributed by atoms with E-state index in [1.54, 1.807) is 0 Å². The molecular formula is C10H16O. The van der Waals surface area contributed by atoms with Crippen LogP contribution in [0.2, 0.25) is 0 Å². The molecule has 0 aliphatic heterocycles. The van der Waals surface area contributed by atoms with E-state index in [1.165, 1.54) is 0 Å².